The Morgan fingerprint density at radius 2 is 1.88 bits per heavy atom. The molecule has 0 aliphatic carbocycles. The zero-order chi connectivity index (χ0) is 29.2. The molecule has 4 rings (SSSR count). The van der Waals surface area contributed by atoms with Crippen LogP contribution < -0.4 is 9.46 Å². The van der Waals surface area contributed by atoms with Crippen LogP contribution in [0, 0.1) is 5.92 Å². The van der Waals surface area contributed by atoms with Crippen molar-refractivity contribution in [3.8, 4) is 5.75 Å². The highest BCUT2D eigenvalue weighted by Crippen LogP contribution is 2.31. The number of benzene rings is 2. The van der Waals surface area contributed by atoms with E-state index in [0.29, 0.717) is 0 Å². The molecule has 40 heavy (non-hydrogen) atoms. The SMILES string of the molecule is C[C@@H]1CN([C@@H](C)CO)C(=O)c2cc(NS(=O)(=O)c3cn(C)cn3)ccc2O[C@@H]1CN(C)S(=O)(=O)c1ccccc1. The second-order valence-corrected chi connectivity index (χ2v) is 13.6. The molecule has 0 bridgehead atoms. The van der Waals surface area contributed by atoms with E-state index in [2.05, 4.69) is 9.71 Å². The maximum Gasteiger partial charge on any atom is 0.280 e. The second kappa shape index (κ2) is 11.6. The van der Waals surface area contributed by atoms with E-state index in [9.17, 15) is 26.7 Å². The molecular formula is C26H33N5O7S2. The first kappa shape index (κ1) is 29.5. The van der Waals surface area contributed by atoms with E-state index < -0.39 is 38.1 Å². The van der Waals surface area contributed by atoms with E-state index >= 15 is 0 Å². The van der Waals surface area contributed by atoms with Gasteiger partial charge in [-0.1, -0.05) is 25.1 Å². The fourth-order valence-corrected chi connectivity index (χ4v) is 6.60. The van der Waals surface area contributed by atoms with Crippen LogP contribution in [0.4, 0.5) is 5.69 Å². The Labute approximate surface area is 234 Å². The van der Waals surface area contributed by atoms with Crippen molar-refractivity contribution in [2.45, 2.75) is 35.9 Å². The Kier molecular flexibility index (Phi) is 8.54. The number of anilines is 1. The predicted octanol–water partition coefficient (Wildman–Crippen LogP) is 1.76. The van der Waals surface area contributed by atoms with E-state index in [-0.39, 0.29) is 52.5 Å². The molecule has 12 nitrogen and oxygen atoms in total. The Morgan fingerprint density at radius 1 is 1.18 bits per heavy atom. The molecular weight excluding hydrogens is 558 g/mol. The lowest BCUT2D eigenvalue weighted by Crippen LogP contribution is -2.50. The lowest BCUT2D eigenvalue weighted by Gasteiger charge is -2.38. The highest BCUT2D eigenvalue weighted by molar-refractivity contribution is 7.92. The van der Waals surface area contributed by atoms with Crippen LogP contribution in [0.15, 0.2) is 71.0 Å². The van der Waals surface area contributed by atoms with Crippen LogP contribution >= 0.6 is 0 Å². The number of aromatic nitrogens is 2. The summed E-state index contributed by atoms with van der Waals surface area (Å²) in [4.78, 5) is 19.1. The first-order chi connectivity index (χ1) is 18.8. The molecule has 0 spiro atoms. The molecule has 3 atom stereocenters. The molecule has 2 heterocycles. The lowest BCUT2D eigenvalue weighted by atomic mass is 9.99. The minimum Gasteiger partial charge on any atom is -0.488 e. The number of imidazole rings is 1. The maximum absolute atomic E-state index is 13.6. The number of amides is 1. The third-order valence-corrected chi connectivity index (χ3v) is 9.87. The van der Waals surface area contributed by atoms with Crippen molar-refractivity contribution in [2.24, 2.45) is 13.0 Å². The molecule has 3 aromatic rings. The first-order valence-electron chi connectivity index (χ1n) is 12.6. The van der Waals surface area contributed by atoms with Gasteiger partial charge in [-0.05, 0) is 37.3 Å². The zero-order valence-corrected chi connectivity index (χ0v) is 24.3. The molecule has 14 heteroatoms. The van der Waals surface area contributed by atoms with Gasteiger partial charge in [0.25, 0.3) is 15.9 Å². The van der Waals surface area contributed by atoms with Gasteiger partial charge < -0.3 is 19.3 Å². The van der Waals surface area contributed by atoms with Crippen molar-refractivity contribution in [3.05, 3.63) is 66.6 Å². The molecule has 2 aromatic carbocycles. The van der Waals surface area contributed by atoms with Crippen molar-refractivity contribution >= 4 is 31.6 Å². The number of fused-ring (bicyclic) bond motifs is 1. The van der Waals surface area contributed by atoms with E-state index in [1.165, 1.54) is 63.7 Å². The molecule has 0 fully saturated rings. The predicted molar refractivity (Wildman–Crippen MR) is 148 cm³/mol. The Bertz CT molecular complexity index is 1580. The number of ether oxygens (including phenoxy) is 1. The fourth-order valence-electron chi connectivity index (χ4n) is 4.36. The number of aliphatic hydroxyl groups excluding tert-OH is 1. The quantitative estimate of drug-likeness (QED) is 0.382. The largest absolute Gasteiger partial charge is 0.488 e. The summed E-state index contributed by atoms with van der Waals surface area (Å²) in [5.74, 6) is -0.601. The van der Waals surface area contributed by atoms with Gasteiger partial charge in [-0.3, -0.25) is 9.52 Å². The summed E-state index contributed by atoms with van der Waals surface area (Å²) in [6.45, 7) is 3.41. The molecule has 0 saturated heterocycles. The van der Waals surface area contributed by atoms with E-state index in [1.54, 1.807) is 32.2 Å². The number of nitrogens with one attached hydrogen (secondary N) is 1. The van der Waals surface area contributed by atoms with Crippen LogP contribution in [-0.4, -0.2) is 85.5 Å². The van der Waals surface area contributed by atoms with Gasteiger partial charge in [0.15, 0.2) is 5.03 Å². The summed E-state index contributed by atoms with van der Waals surface area (Å²) in [5, 5.41) is 9.68. The number of aryl methyl sites for hydroxylation is 1. The smallest absolute Gasteiger partial charge is 0.280 e. The minimum atomic E-state index is -4.03. The van der Waals surface area contributed by atoms with Gasteiger partial charge in [0.1, 0.15) is 11.9 Å². The summed E-state index contributed by atoms with van der Waals surface area (Å²) < 4.78 is 63.4. The van der Waals surface area contributed by atoms with Crippen molar-refractivity contribution in [3.63, 3.8) is 0 Å². The lowest BCUT2D eigenvalue weighted by molar-refractivity contribution is 0.0387. The molecule has 0 saturated carbocycles. The van der Waals surface area contributed by atoms with Crippen LogP contribution in [0.3, 0.4) is 0 Å². The summed E-state index contributed by atoms with van der Waals surface area (Å²) >= 11 is 0. The molecule has 1 aliphatic rings. The van der Waals surface area contributed by atoms with Gasteiger partial charge >= 0.3 is 0 Å². The highest BCUT2D eigenvalue weighted by atomic mass is 32.2. The molecule has 2 N–H and O–H groups in total. The molecule has 0 unspecified atom stereocenters. The van der Waals surface area contributed by atoms with Crippen LogP contribution in [0.1, 0.15) is 24.2 Å². The highest BCUT2D eigenvalue weighted by Gasteiger charge is 2.35. The van der Waals surface area contributed by atoms with Crippen LogP contribution in [0.25, 0.3) is 0 Å². The normalized spacial score (nSPS) is 18.9. The zero-order valence-electron chi connectivity index (χ0n) is 22.6. The number of hydrogen-bond acceptors (Lipinski definition) is 8. The molecule has 1 aliphatic heterocycles. The number of sulfonamides is 2. The standard InChI is InChI=1S/C26H33N5O7S2/c1-18-13-31(19(2)16-32)26(33)22-12-20(28-39(34,35)25-15-29(3)17-27-25)10-11-23(22)38-24(18)14-30(4)40(36,37)21-8-6-5-7-9-21/h5-12,15,17-19,24,28,32H,13-14,16H2,1-4H3/t18-,19+,24-/m1/s1. The molecule has 1 aromatic heterocycles. The Balaban J connectivity index is 1.68. The average molecular weight is 592 g/mol. The van der Waals surface area contributed by atoms with Gasteiger partial charge in [-0.25, -0.2) is 13.4 Å². The number of carbonyl (C=O) groups is 1. The van der Waals surface area contributed by atoms with Crippen molar-refractivity contribution in [1.29, 1.82) is 0 Å². The summed E-state index contributed by atoms with van der Waals surface area (Å²) in [7, 11) is -4.73. The maximum atomic E-state index is 13.6. The number of hydrogen-bond donors (Lipinski definition) is 2. The third kappa shape index (κ3) is 6.14. The Hall–Kier alpha value is -3.46. The number of carbonyl (C=O) groups excluding carboxylic acids is 1. The number of likely N-dealkylation sites (N-methyl/N-ethyl adjacent to an activating group) is 1. The number of aliphatic hydroxyl groups is 1. The topological polar surface area (TPSA) is 151 Å². The first-order valence-corrected chi connectivity index (χ1v) is 15.5. The van der Waals surface area contributed by atoms with E-state index in [0.717, 1.165) is 0 Å². The number of nitrogens with zero attached hydrogens (tertiary/aromatic N) is 4. The van der Waals surface area contributed by atoms with Crippen LogP contribution in [0.5, 0.6) is 5.75 Å². The van der Waals surface area contributed by atoms with Crippen molar-refractivity contribution < 1.29 is 31.5 Å². The van der Waals surface area contributed by atoms with Crippen molar-refractivity contribution in [2.75, 3.05) is 31.5 Å². The van der Waals surface area contributed by atoms with E-state index in [4.69, 9.17) is 4.74 Å². The van der Waals surface area contributed by atoms with Crippen molar-refractivity contribution in [1.82, 2.24) is 18.8 Å². The van der Waals surface area contributed by atoms with Gasteiger partial charge in [0.2, 0.25) is 10.0 Å². The second-order valence-electron chi connectivity index (χ2n) is 9.92. The van der Waals surface area contributed by atoms with E-state index in [1.807, 2.05) is 6.92 Å². The average Bonchev–Trinajstić information content (AvgIpc) is 3.38. The third-order valence-electron chi connectivity index (χ3n) is 6.76. The van der Waals surface area contributed by atoms with Gasteiger partial charge in [0.05, 0.1) is 36.0 Å². The molecule has 216 valence electrons. The molecule has 1 amide bonds. The Morgan fingerprint density at radius 3 is 2.50 bits per heavy atom. The number of rotatable bonds is 9. The van der Waals surface area contributed by atoms with Gasteiger partial charge in [-0.15, -0.1) is 0 Å². The van der Waals surface area contributed by atoms with Gasteiger partial charge in [-0.2, -0.15) is 12.7 Å². The van der Waals surface area contributed by atoms with Gasteiger partial charge in [0, 0.05) is 38.4 Å². The summed E-state index contributed by atoms with van der Waals surface area (Å²) in [5.41, 5.74) is 0.193. The van der Waals surface area contributed by atoms with Crippen LogP contribution in [0.2, 0.25) is 0 Å². The molecule has 0 radical (unpaired) electrons. The summed E-state index contributed by atoms with van der Waals surface area (Å²) in [6, 6.07) is 11.8. The monoisotopic (exact) mass is 591 g/mol. The van der Waals surface area contributed by atoms with Crippen LogP contribution in [-0.2, 0) is 27.1 Å². The summed E-state index contributed by atoms with van der Waals surface area (Å²) in [6.07, 6.45) is 2.04. The minimum absolute atomic E-state index is 0.0125. The fraction of sp³-hybridized carbons (Fsp3) is 0.385.